The molecule has 0 bridgehead atoms. The van der Waals surface area contributed by atoms with Gasteiger partial charge in [-0.1, -0.05) is 18.2 Å². The lowest BCUT2D eigenvalue weighted by molar-refractivity contribution is 0.397. The van der Waals surface area contributed by atoms with Crippen LogP contribution in [0.15, 0.2) is 35.5 Å². The first-order chi connectivity index (χ1) is 13.0. The molecule has 2 radical (unpaired) electrons. The topological polar surface area (TPSA) is 82.8 Å². The Hall–Kier alpha value is -3.03. The quantitative estimate of drug-likeness (QED) is 0.507. The third kappa shape index (κ3) is 3.11. The molecular weight excluding hydrogens is 341 g/mol. The highest BCUT2D eigenvalue weighted by Gasteiger charge is 2.31. The lowest BCUT2D eigenvalue weighted by atomic mass is 9.97. The molecule has 3 heterocycles. The molecule has 0 spiro atoms. The molecule has 1 aliphatic rings. The molecule has 0 aliphatic heterocycles. The number of rotatable bonds is 5. The smallest absolute Gasteiger partial charge is 0.245 e. The molecule has 1 fully saturated rings. The van der Waals surface area contributed by atoms with Gasteiger partial charge in [-0.15, -0.1) is 0 Å². The van der Waals surface area contributed by atoms with Crippen molar-refractivity contribution < 1.29 is 4.74 Å². The lowest BCUT2D eigenvalue weighted by Crippen LogP contribution is -2.35. The summed E-state index contributed by atoms with van der Waals surface area (Å²) in [6.07, 6.45) is 5.29. The maximum Gasteiger partial charge on any atom is 0.245 e. The van der Waals surface area contributed by atoms with Gasteiger partial charge < -0.3 is 4.74 Å². The van der Waals surface area contributed by atoms with E-state index in [1.807, 2.05) is 6.92 Å². The zero-order chi connectivity index (χ0) is 19.1. The average Bonchev–Trinajstić information content (AvgIpc) is 3.49. The zero-order valence-electron chi connectivity index (χ0n) is 15.3. The monoisotopic (exact) mass is 359 g/mol. The minimum Gasteiger partial charge on any atom is -0.480 e. The molecule has 7 nitrogen and oxygen atoms in total. The molecule has 4 rings (SSSR count). The summed E-state index contributed by atoms with van der Waals surface area (Å²) in [5, 5.41) is 0.681. The van der Waals surface area contributed by atoms with Gasteiger partial charge in [0.05, 0.1) is 12.8 Å². The summed E-state index contributed by atoms with van der Waals surface area (Å²) in [6, 6.07) is 1.59. The van der Waals surface area contributed by atoms with Gasteiger partial charge in [0, 0.05) is 24.0 Å². The first-order valence-corrected chi connectivity index (χ1v) is 8.69. The van der Waals surface area contributed by atoms with Gasteiger partial charge in [0.2, 0.25) is 11.4 Å². The van der Waals surface area contributed by atoms with Gasteiger partial charge in [0.15, 0.2) is 5.82 Å². The van der Waals surface area contributed by atoms with E-state index in [0.29, 0.717) is 40.8 Å². The number of hydrogen-bond donors (Lipinski definition) is 0. The highest BCUT2D eigenvalue weighted by atomic mass is 16.5. The second-order valence-corrected chi connectivity index (χ2v) is 6.84. The largest absolute Gasteiger partial charge is 0.480 e. The highest BCUT2D eigenvalue weighted by molar-refractivity contribution is 6.32. The van der Waals surface area contributed by atoms with Crippen molar-refractivity contribution in [1.82, 2.24) is 24.5 Å². The predicted octanol–water partition coefficient (Wildman–Crippen LogP) is 1.50. The van der Waals surface area contributed by atoms with Crippen LogP contribution in [-0.4, -0.2) is 39.5 Å². The molecule has 1 saturated carbocycles. The summed E-state index contributed by atoms with van der Waals surface area (Å²) in [7, 11) is 7.43. The Morgan fingerprint density at radius 1 is 1.37 bits per heavy atom. The van der Waals surface area contributed by atoms with Crippen LogP contribution in [0.1, 0.15) is 31.4 Å². The van der Waals surface area contributed by atoms with Gasteiger partial charge in [0.1, 0.15) is 25.4 Å². The first kappa shape index (κ1) is 17.4. The first-order valence-electron chi connectivity index (χ1n) is 8.69. The Balaban J connectivity index is 1.99. The van der Waals surface area contributed by atoms with Crippen LogP contribution in [0.3, 0.4) is 0 Å². The summed E-state index contributed by atoms with van der Waals surface area (Å²) in [6.45, 7) is 6.08. The van der Waals surface area contributed by atoms with Gasteiger partial charge in [-0.3, -0.25) is 9.36 Å². The van der Waals surface area contributed by atoms with Crippen molar-refractivity contribution in [3.63, 3.8) is 0 Å². The molecule has 1 aliphatic carbocycles. The number of allylic oxidation sites excluding steroid dienone is 1. The van der Waals surface area contributed by atoms with Gasteiger partial charge in [-0.05, 0) is 25.2 Å². The number of hydrogen-bond acceptors (Lipinski definition) is 6. The number of fused-ring (bicyclic) bond motifs is 1. The second kappa shape index (κ2) is 6.61. The Bertz CT molecular complexity index is 1120. The molecule has 0 aromatic carbocycles. The summed E-state index contributed by atoms with van der Waals surface area (Å²) in [5.41, 5.74) is 2.73. The van der Waals surface area contributed by atoms with Crippen molar-refractivity contribution in [2.45, 2.75) is 32.2 Å². The minimum atomic E-state index is -0.297. The molecule has 0 unspecified atom stereocenters. The SMILES string of the molecule is [B]c1cc2cnc(-c3c(OC)ncnc3C3CC3)nc2n(CC(=C)C)c1=O. The van der Waals surface area contributed by atoms with Gasteiger partial charge in [-0.2, -0.15) is 0 Å². The predicted molar refractivity (Wildman–Crippen MR) is 104 cm³/mol. The molecule has 134 valence electrons. The van der Waals surface area contributed by atoms with E-state index in [0.717, 1.165) is 24.1 Å². The fraction of sp³-hybridized carbons (Fsp3) is 0.316. The van der Waals surface area contributed by atoms with E-state index < -0.39 is 0 Å². The van der Waals surface area contributed by atoms with Crippen LogP contribution >= 0.6 is 0 Å². The molecule has 0 saturated heterocycles. The van der Waals surface area contributed by atoms with Crippen LogP contribution in [0.4, 0.5) is 0 Å². The highest BCUT2D eigenvalue weighted by Crippen LogP contribution is 2.44. The van der Waals surface area contributed by atoms with Crippen LogP contribution in [0.2, 0.25) is 0 Å². The van der Waals surface area contributed by atoms with Crippen molar-refractivity contribution in [3.05, 3.63) is 46.8 Å². The molecule has 3 aromatic heterocycles. The number of nitrogens with zero attached hydrogens (tertiary/aromatic N) is 5. The Labute approximate surface area is 157 Å². The fourth-order valence-electron chi connectivity index (χ4n) is 3.13. The number of aromatic nitrogens is 5. The summed E-state index contributed by atoms with van der Waals surface area (Å²) < 4.78 is 6.95. The number of ether oxygens (including phenoxy) is 1. The van der Waals surface area contributed by atoms with E-state index in [-0.39, 0.29) is 11.0 Å². The Morgan fingerprint density at radius 3 is 2.81 bits per heavy atom. The van der Waals surface area contributed by atoms with Gasteiger partial charge >= 0.3 is 0 Å². The Kier molecular flexibility index (Phi) is 4.26. The second-order valence-electron chi connectivity index (χ2n) is 6.84. The third-order valence-electron chi connectivity index (χ3n) is 4.51. The lowest BCUT2D eigenvalue weighted by Gasteiger charge is -2.14. The summed E-state index contributed by atoms with van der Waals surface area (Å²) in [4.78, 5) is 30.4. The van der Waals surface area contributed by atoms with Gasteiger partial charge in [-0.25, -0.2) is 19.9 Å². The van der Waals surface area contributed by atoms with Crippen LogP contribution < -0.4 is 15.8 Å². The molecule has 0 amide bonds. The number of methoxy groups -OCH3 is 1. The van der Waals surface area contributed by atoms with Crippen molar-refractivity contribution in [2.24, 2.45) is 0 Å². The minimum absolute atomic E-state index is 0.152. The van der Waals surface area contributed by atoms with Crippen LogP contribution in [0, 0.1) is 0 Å². The average molecular weight is 359 g/mol. The van der Waals surface area contributed by atoms with Gasteiger partial charge in [0.25, 0.3) is 0 Å². The van der Waals surface area contributed by atoms with Crippen LogP contribution in [0.25, 0.3) is 22.4 Å². The van der Waals surface area contributed by atoms with Crippen molar-refractivity contribution in [2.75, 3.05) is 7.11 Å². The molecule has 8 heteroatoms. The van der Waals surface area contributed by atoms with E-state index in [1.54, 1.807) is 19.4 Å². The standard InChI is InChI=1S/C19H18BN5O2/c1-10(2)8-25-17-12(6-13(20)19(25)26)7-21-16(24-17)14-15(11-4-5-11)22-9-23-18(14)27-3/h6-7,9,11H,1,4-5,8H2,2-3H3. The molecule has 3 aromatic rings. The van der Waals surface area contributed by atoms with E-state index in [1.165, 1.54) is 10.9 Å². The van der Waals surface area contributed by atoms with E-state index in [2.05, 4.69) is 26.5 Å². The van der Waals surface area contributed by atoms with E-state index in [9.17, 15) is 4.79 Å². The van der Waals surface area contributed by atoms with Crippen LogP contribution in [0.5, 0.6) is 5.88 Å². The summed E-state index contributed by atoms with van der Waals surface area (Å²) in [5.74, 6) is 1.22. The molecule has 0 N–H and O–H groups in total. The molecule has 27 heavy (non-hydrogen) atoms. The molecule has 0 atom stereocenters. The van der Waals surface area contributed by atoms with Crippen molar-refractivity contribution in [3.8, 4) is 17.3 Å². The number of pyridine rings is 1. The maximum absolute atomic E-state index is 12.6. The van der Waals surface area contributed by atoms with Crippen molar-refractivity contribution in [1.29, 1.82) is 0 Å². The van der Waals surface area contributed by atoms with E-state index in [4.69, 9.17) is 12.6 Å². The maximum atomic E-state index is 12.6. The summed E-state index contributed by atoms with van der Waals surface area (Å²) >= 11 is 0. The normalized spacial score (nSPS) is 13.7. The zero-order valence-corrected chi connectivity index (χ0v) is 15.3. The third-order valence-corrected chi connectivity index (χ3v) is 4.51. The van der Waals surface area contributed by atoms with Crippen molar-refractivity contribution >= 4 is 24.3 Å². The van der Waals surface area contributed by atoms with E-state index >= 15 is 0 Å². The fourth-order valence-corrected chi connectivity index (χ4v) is 3.13. The Morgan fingerprint density at radius 2 is 2.15 bits per heavy atom. The molecular formula is C19H18BN5O2. The van der Waals surface area contributed by atoms with Crippen LogP contribution in [-0.2, 0) is 6.54 Å².